The summed E-state index contributed by atoms with van der Waals surface area (Å²) >= 11 is 0. The Kier molecular flexibility index (Phi) is 4.09. The van der Waals surface area contributed by atoms with E-state index in [-0.39, 0.29) is 6.04 Å². The third-order valence-corrected chi connectivity index (χ3v) is 2.55. The molecule has 1 aromatic heterocycles. The Hall–Kier alpha value is -1.09. The predicted octanol–water partition coefficient (Wildman–Crippen LogP) is 2.34. The minimum atomic E-state index is 0.0562. The highest BCUT2D eigenvalue weighted by atomic mass is 15.2. The van der Waals surface area contributed by atoms with Crippen LogP contribution in [0, 0.1) is 0 Å². The van der Waals surface area contributed by atoms with Gasteiger partial charge in [-0.15, -0.1) is 0 Å². The van der Waals surface area contributed by atoms with Crippen LogP contribution < -0.4 is 10.6 Å². The summed E-state index contributed by atoms with van der Waals surface area (Å²) in [7, 11) is 0. The summed E-state index contributed by atoms with van der Waals surface area (Å²) in [5.41, 5.74) is 6.86. The van der Waals surface area contributed by atoms with Crippen LogP contribution in [0.2, 0.25) is 0 Å². The number of anilines is 1. The van der Waals surface area contributed by atoms with Crippen molar-refractivity contribution in [2.24, 2.45) is 5.73 Å². The molecule has 0 saturated carbocycles. The molecule has 0 aromatic carbocycles. The van der Waals surface area contributed by atoms with Gasteiger partial charge in [0.2, 0.25) is 0 Å². The van der Waals surface area contributed by atoms with E-state index in [1.165, 1.54) is 0 Å². The number of hydrogen-bond donors (Lipinski definition) is 1. The highest BCUT2D eigenvalue weighted by Crippen LogP contribution is 2.16. The summed E-state index contributed by atoms with van der Waals surface area (Å²) in [5, 5.41) is 0. The van der Waals surface area contributed by atoms with Crippen LogP contribution in [0.1, 0.15) is 39.3 Å². The minimum Gasteiger partial charge on any atom is -0.354 e. The summed E-state index contributed by atoms with van der Waals surface area (Å²) in [6, 6.07) is 4.63. The average molecular weight is 207 g/mol. The van der Waals surface area contributed by atoms with Gasteiger partial charge in [0.05, 0.1) is 0 Å². The summed E-state index contributed by atoms with van der Waals surface area (Å²) in [4.78, 5) is 6.69. The number of nitrogens with two attached hydrogens (primary N) is 1. The molecule has 0 radical (unpaired) electrons. The first-order valence-corrected chi connectivity index (χ1v) is 5.54. The summed E-state index contributed by atoms with van der Waals surface area (Å²) in [6.45, 7) is 9.43. The smallest absolute Gasteiger partial charge is 0.128 e. The summed E-state index contributed by atoms with van der Waals surface area (Å²) in [5.74, 6) is 1.02. The van der Waals surface area contributed by atoms with Gasteiger partial charge in [0, 0.05) is 24.8 Å². The number of pyridine rings is 1. The van der Waals surface area contributed by atoms with E-state index in [1.54, 1.807) is 0 Å². The second-order valence-electron chi connectivity index (χ2n) is 4.12. The first-order chi connectivity index (χ1) is 7.06. The molecule has 0 aliphatic heterocycles. The average Bonchev–Trinajstić information content (AvgIpc) is 2.19. The van der Waals surface area contributed by atoms with E-state index in [1.807, 2.05) is 19.2 Å². The molecule has 1 atom stereocenters. The molecule has 3 heteroatoms. The van der Waals surface area contributed by atoms with E-state index >= 15 is 0 Å². The van der Waals surface area contributed by atoms with Crippen molar-refractivity contribution in [3.05, 3.63) is 23.9 Å². The van der Waals surface area contributed by atoms with Gasteiger partial charge < -0.3 is 10.6 Å². The fraction of sp³-hybridized carbons (Fsp3) is 0.583. The van der Waals surface area contributed by atoms with E-state index in [0.29, 0.717) is 6.04 Å². The molecule has 0 spiro atoms. The molecule has 1 aromatic rings. The maximum atomic E-state index is 5.78. The largest absolute Gasteiger partial charge is 0.354 e. The van der Waals surface area contributed by atoms with Gasteiger partial charge in [0.25, 0.3) is 0 Å². The molecular weight excluding hydrogens is 186 g/mol. The van der Waals surface area contributed by atoms with Crippen LogP contribution >= 0.6 is 0 Å². The molecule has 0 aliphatic carbocycles. The second kappa shape index (κ2) is 5.12. The van der Waals surface area contributed by atoms with E-state index < -0.39 is 0 Å². The van der Waals surface area contributed by atoms with Crippen LogP contribution in [0.15, 0.2) is 18.3 Å². The van der Waals surface area contributed by atoms with Crippen molar-refractivity contribution >= 4 is 5.82 Å². The van der Waals surface area contributed by atoms with Crippen LogP contribution in [0.25, 0.3) is 0 Å². The number of aromatic nitrogens is 1. The predicted molar refractivity (Wildman–Crippen MR) is 65.0 cm³/mol. The molecule has 0 saturated heterocycles. The van der Waals surface area contributed by atoms with E-state index in [2.05, 4.69) is 36.7 Å². The van der Waals surface area contributed by atoms with E-state index in [9.17, 15) is 0 Å². The van der Waals surface area contributed by atoms with E-state index in [0.717, 1.165) is 17.9 Å². The number of hydrogen-bond acceptors (Lipinski definition) is 3. The zero-order valence-electron chi connectivity index (χ0n) is 10.1. The molecule has 1 heterocycles. The van der Waals surface area contributed by atoms with Crippen molar-refractivity contribution in [2.45, 2.75) is 39.8 Å². The van der Waals surface area contributed by atoms with Crippen molar-refractivity contribution in [1.82, 2.24) is 4.98 Å². The first-order valence-electron chi connectivity index (χ1n) is 5.54. The van der Waals surface area contributed by atoms with Crippen molar-refractivity contribution in [3.63, 3.8) is 0 Å². The van der Waals surface area contributed by atoms with Crippen molar-refractivity contribution < 1.29 is 0 Å². The normalized spacial score (nSPS) is 12.9. The Morgan fingerprint density at radius 1 is 1.33 bits per heavy atom. The van der Waals surface area contributed by atoms with Crippen molar-refractivity contribution in [1.29, 1.82) is 0 Å². The first kappa shape index (κ1) is 12.0. The van der Waals surface area contributed by atoms with Gasteiger partial charge in [-0.3, -0.25) is 0 Å². The Labute approximate surface area is 92.3 Å². The molecule has 2 N–H and O–H groups in total. The van der Waals surface area contributed by atoms with Gasteiger partial charge in [-0.2, -0.15) is 0 Å². The molecule has 84 valence electrons. The highest BCUT2D eigenvalue weighted by Gasteiger charge is 2.09. The Morgan fingerprint density at radius 2 is 2.00 bits per heavy atom. The van der Waals surface area contributed by atoms with Gasteiger partial charge in [-0.05, 0) is 39.3 Å². The van der Waals surface area contributed by atoms with Gasteiger partial charge >= 0.3 is 0 Å². The van der Waals surface area contributed by atoms with E-state index in [4.69, 9.17) is 5.73 Å². The van der Waals surface area contributed by atoms with Crippen LogP contribution in [-0.2, 0) is 0 Å². The van der Waals surface area contributed by atoms with Crippen LogP contribution in [0.4, 0.5) is 5.82 Å². The molecular formula is C12H21N3. The number of nitrogens with zero attached hydrogens (tertiary/aromatic N) is 2. The lowest BCUT2D eigenvalue weighted by Crippen LogP contribution is -2.31. The second-order valence-corrected chi connectivity index (χ2v) is 4.12. The lowest BCUT2D eigenvalue weighted by Gasteiger charge is -2.26. The molecule has 0 fully saturated rings. The Morgan fingerprint density at radius 3 is 2.33 bits per heavy atom. The van der Waals surface area contributed by atoms with Gasteiger partial charge in [0.1, 0.15) is 5.82 Å². The molecule has 15 heavy (non-hydrogen) atoms. The molecule has 0 aliphatic rings. The maximum Gasteiger partial charge on any atom is 0.128 e. The lowest BCUT2D eigenvalue weighted by atomic mass is 10.1. The molecule has 0 amide bonds. The van der Waals surface area contributed by atoms with Gasteiger partial charge in [-0.25, -0.2) is 4.98 Å². The Bertz CT molecular complexity index is 290. The topological polar surface area (TPSA) is 42.1 Å². The Balaban J connectivity index is 2.87. The third-order valence-electron chi connectivity index (χ3n) is 2.55. The molecule has 3 nitrogen and oxygen atoms in total. The van der Waals surface area contributed by atoms with Crippen LogP contribution in [0.3, 0.4) is 0 Å². The highest BCUT2D eigenvalue weighted by molar-refractivity contribution is 5.40. The zero-order chi connectivity index (χ0) is 11.4. The van der Waals surface area contributed by atoms with Crippen LogP contribution in [0.5, 0.6) is 0 Å². The van der Waals surface area contributed by atoms with Crippen molar-refractivity contribution in [3.8, 4) is 0 Å². The van der Waals surface area contributed by atoms with Gasteiger partial charge in [0.15, 0.2) is 0 Å². The monoisotopic (exact) mass is 207 g/mol. The van der Waals surface area contributed by atoms with Crippen molar-refractivity contribution in [2.75, 3.05) is 11.4 Å². The fourth-order valence-corrected chi connectivity index (χ4v) is 1.63. The SMILES string of the molecule is CCN(c1ccc([C@@H](C)N)cn1)C(C)C. The summed E-state index contributed by atoms with van der Waals surface area (Å²) < 4.78 is 0. The zero-order valence-corrected chi connectivity index (χ0v) is 10.1. The number of rotatable bonds is 4. The quantitative estimate of drug-likeness (QED) is 0.824. The lowest BCUT2D eigenvalue weighted by molar-refractivity contribution is 0.691. The van der Waals surface area contributed by atoms with Gasteiger partial charge in [-0.1, -0.05) is 6.07 Å². The molecule has 1 rings (SSSR count). The minimum absolute atomic E-state index is 0.0562. The van der Waals surface area contributed by atoms with Crippen LogP contribution in [-0.4, -0.2) is 17.6 Å². The molecule has 0 unspecified atom stereocenters. The maximum absolute atomic E-state index is 5.78. The third kappa shape index (κ3) is 2.93. The molecule has 0 bridgehead atoms. The fourth-order valence-electron chi connectivity index (χ4n) is 1.63. The summed E-state index contributed by atoms with van der Waals surface area (Å²) in [6.07, 6.45) is 1.87. The standard InChI is InChI=1S/C12H21N3/c1-5-15(9(2)3)12-7-6-11(8-14-12)10(4)13/h6-10H,5,13H2,1-4H3/t10-/m1/s1.